The van der Waals surface area contributed by atoms with Crippen LogP contribution in [0.4, 0.5) is 5.69 Å². The monoisotopic (exact) mass is 318 g/mol. The van der Waals surface area contributed by atoms with Crippen LogP contribution in [-0.4, -0.2) is 6.04 Å². The zero-order valence-corrected chi connectivity index (χ0v) is 12.8. The van der Waals surface area contributed by atoms with Crippen molar-refractivity contribution in [1.82, 2.24) is 0 Å². The van der Waals surface area contributed by atoms with Crippen LogP contribution in [0.2, 0.25) is 0 Å². The number of fused-ring (bicyclic) bond motifs is 2. The standard InChI is InChI=1S/C16H19BrN2/c1-10(15-7-11-2-3-12(15)6-11)19-14-5-4-13(9-18)16(17)8-14/h4-5,8,10-12,15,19H,2-3,6-7H2,1H3. The summed E-state index contributed by atoms with van der Waals surface area (Å²) in [4.78, 5) is 0. The number of nitrogens with one attached hydrogen (secondary N) is 1. The molecule has 0 aromatic heterocycles. The van der Waals surface area contributed by atoms with Gasteiger partial charge >= 0.3 is 0 Å². The number of hydrogen-bond donors (Lipinski definition) is 1. The molecule has 0 amide bonds. The van der Waals surface area contributed by atoms with E-state index < -0.39 is 0 Å². The van der Waals surface area contributed by atoms with E-state index in [4.69, 9.17) is 5.26 Å². The summed E-state index contributed by atoms with van der Waals surface area (Å²) in [6.45, 7) is 2.30. The number of rotatable bonds is 3. The fraction of sp³-hybridized carbons (Fsp3) is 0.562. The smallest absolute Gasteiger partial charge is 0.100 e. The Morgan fingerprint density at radius 1 is 1.37 bits per heavy atom. The highest BCUT2D eigenvalue weighted by atomic mass is 79.9. The molecule has 4 unspecified atom stereocenters. The number of nitrogens with zero attached hydrogens (tertiary/aromatic N) is 1. The van der Waals surface area contributed by atoms with Gasteiger partial charge in [-0.1, -0.05) is 6.42 Å². The van der Waals surface area contributed by atoms with E-state index in [1.165, 1.54) is 25.7 Å². The minimum Gasteiger partial charge on any atom is -0.382 e. The SMILES string of the molecule is CC(Nc1ccc(C#N)c(Br)c1)C1CC2CCC1C2. The minimum absolute atomic E-state index is 0.523. The van der Waals surface area contributed by atoms with Gasteiger partial charge in [0.25, 0.3) is 0 Å². The van der Waals surface area contributed by atoms with Crippen LogP contribution in [-0.2, 0) is 0 Å². The molecule has 0 spiro atoms. The Balaban J connectivity index is 1.68. The van der Waals surface area contributed by atoms with Gasteiger partial charge in [-0.3, -0.25) is 0 Å². The van der Waals surface area contributed by atoms with Gasteiger partial charge in [0.05, 0.1) is 5.56 Å². The van der Waals surface area contributed by atoms with Crippen molar-refractivity contribution in [2.45, 2.75) is 38.6 Å². The molecular weight excluding hydrogens is 300 g/mol. The Morgan fingerprint density at radius 2 is 2.21 bits per heavy atom. The van der Waals surface area contributed by atoms with E-state index in [1.54, 1.807) is 0 Å². The van der Waals surface area contributed by atoms with Crippen LogP contribution in [0.15, 0.2) is 22.7 Å². The Labute approximate surface area is 123 Å². The van der Waals surface area contributed by atoms with E-state index in [0.717, 1.165) is 27.9 Å². The van der Waals surface area contributed by atoms with Gasteiger partial charge in [-0.2, -0.15) is 5.26 Å². The molecule has 3 heteroatoms. The van der Waals surface area contributed by atoms with Crippen LogP contribution in [0, 0.1) is 29.1 Å². The van der Waals surface area contributed by atoms with Crippen molar-refractivity contribution in [3.05, 3.63) is 28.2 Å². The predicted molar refractivity (Wildman–Crippen MR) is 80.9 cm³/mol. The summed E-state index contributed by atoms with van der Waals surface area (Å²) in [6, 6.07) is 8.60. The quantitative estimate of drug-likeness (QED) is 0.886. The zero-order chi connectivity index (χ0) is 13.4. The average molecular weight is 319 g/mol. The normalized spacial score (nSPS) is 30.1. The molecule has 1 aromatic carbocycles. The van der Waals surface area contributed by atoms with E-state index >= 15 is 0 Å². The van der Waals surface area contributed by atoms with E-state index in [2.05, 4.69) is 34.2 Å². The van der Waals surface area contributed by atoms with Gasteiger partial charge in [0.2, 0.25) is 0 Å². The van der Waals surface area contributed by atoms with Gasteiger partial charge in [0.15, 0.2) is 0 Å². The molecule has 4 atom stereocenters. The zero-order valence-electron chi connectivity index (χ0n) is 11.2. The molecule has 1 N–H and O–H groups in total. The highest BCUT2D eigenvalue weighted by Gasteiger charge is 2.41. The van der Waals surface area contributed by atoms with Crippen LogP contribution in [0.1, 0.15) is 38.2 Å². The first-order valence-corrected chi connectivity index (χ1v) is 7.93. The van der Waals surface area contributed by atoms with Gasteiger partial charge < -0.3 is 5.32 Å². The summed E-state index contributed by atoms with van der Waals surface area (Å²) in [6.07, 6.45) is 5.73. The molecule has 100 valence electrons. The lowest BCUT2D eigenvalue weighted by Gasteiger charge is -2.29. The summed E-state index contributed by atoms with van der Waals surface area (Å²) in [5.74, 6) is 2.76. The third kappa shape index (κ3) is 2.51. The lowest BCUT2D eigenvalue weighted by Crippen LogP contribution is -2.29. The highest BCUT2D eigenvalue weighted by Crippen LogP contribution is 2.49. The van der Waals surface area contributed by atoms with Crippen LogP contribution >= 0.6 is 15.9 Å². The van der Waals surface area contributed by atoms with Crippen molar-refractivity contribution in [2.24, 2.45) is 17.8 Å². The number of halogens is 1. The van der Waals surface area contributed by atoms with Crippen molar-refractivity contribution >= 4 is 21.6 Å². The summed E-state index contributed by atoms with van der Waals surface area (Å²) in [7, 11) is 0. The molecule has 19 heavy (non-hydrogen) atoms. The van der Waals surface area contributed by atoms with Crippen LogP contribution in [0.3, 0.4) is 0 Å². The lowest BCUT2D eigenvalue weighted by molar-refractivity contribution is 0.304. The molecule has 2 bridgehead atoms. The van der Waals surface area contributed by atoms with E-state index in [0.29, 0.717) is 11.6 Å². The molecule has 2 fully saturated rings. The maximum atomic E-state index is 8.93. The minimum atomic E-state index is 0.523. The second-order valence-electron chi connectivity index (χ2n) is 6.08. The molecule has 0 heterocycles. The molecule has 1 aromatic rings. The summed E-state index contributed by atoms with van der Waals surface area (Å²) in [5, 5.41) is 12.6. The third-order valence-corrected chi connectivity index (χ3v) is 5.57. The van der Waals surface area contributed by atoms with Crippen LogP contribution < -0.4 is 5.32 Å². The van der Waals surface area contributed by atoms with Crippen molar-refractivity contribution < 1.29 is 0 Å². The van der Waals surface area contributed by atoms with Gasteiger partial charge in [-0.05, 0) is 78.1 Å². The molecule has 2 aliphatic rings. The Hall–Kier alpha value is -1.01. The largest absolute Gasteiger partial charge is 0.382 e. The fourth-order valence-corrected chi connectivity index (χ4v) is 4.44. The Kier molecular flexibility index (Phi) is 3.54. The number of benzene rings is 1. The first-order valence-electron chi connectivity index (χ1n) is 7.13. The fourth-order valence-electron chi connectivity index (χ4n) is 3.97. The second-order valence-corrected chi connectivity index (χ2v) is 6.93. The Morgan fingerprint density at radius 3 is 2.79 bits per heavy atom. The van der Waals surface area contributed by atoms with Crippen molar-refractivity contribution in [1.29, 1.82) is 5.26 Å². The molecule has 2 aliphatic carbocycles. The maximum absolute atomic E-state index is 8.93. The summed E-state index contributed by atoms with van der Waals surface area (Å²) < 4.78 is 0.875. The van der Waals surface area contributed by atoms with Crippen molar-refractivity contribution in [3.63, 3.8) is 0 Å². The molecule has 0 radical (unpaired) electrons. The average Bonchev–Trinajstić information content (AvgIpc) is 3.01. The van der Waals surface area contributed by atoms with E-state index in [-0.39, 0.29) is 0 Å². The van der Waals surface area contributed by atoms with E-state index in [9.17, 15) is 0 Å². The topological polar surface area (TPSA) is 35.8 Å². The van der Waals surface area contributed by atoms with Gasteiger partial charge in [-0.15, -0.1) is 0 Å². The Bertz CT molecular complexity index is 520. The number of anilines is 1. The van der Waals surface area contributed by atoms with Gasteiger partial charge in [0, 0.05) is 16.2 Å². The van der Waals surface area contributed by atoms with Crippen molar-refractivity contribution in [2.75, 3.05) is 5.32 Å². The van der Waals surface area contributed by atoms with Crippen LogP contribution in [0.5, 0.6) is 0 Å². The molecule has 0 aliphatic heterocycles. The second kappa shape index (κ2) is 5.17. The number of nitriles is 1. The lowest BCUT2D eigenvalue weighted by atomic mass is 9.84. The summed E-state index contributed by atoms with van der Waals surface area (Å²) >= 11 is 3.45. The molecule has 2 saturated carbocycles. The highest BCUT2D eigenvalue weighted by molar-refractivity contribution is 9.10. The molecule has 3 rings (SSSR count). The molecule has 2 nitrogen and oxygen atoms in total. The maximum Gasteiger partial charge on any atom is 0.100 e. The molecular formula is C16H19BrN2. The molecule has 0 saturated heterocycles. The van der Waals surface area contributed by atoms with Crippen molar-refractivity contribution in [3.8, 4) is 6.07 Å². The summed E-state index contributed by atoms with van der Waals surface area (Å²) in [5.41, 5.74) is 1.80. The van der Waals surface area contributed by atoms with Gasteiger partial charge in [-0.25, -0.2) is 0 Å². The predicted octanol–water partition coefficient (Wildman–Crippen LogP) is 4.56. The first kappa shape index (κ1) is 13.0. The van der Waals surface area contributed by atoms with E-state index in [1.807, 2.05) is 18.2 Å². The first-order chi connectivity index (χ1) is 9.17. The third-order valence-electron chi connectivity index (χ3n) is 4.92. The van der Waals surface area contributed by atoms with Gasteiger partial charge in [0.1, 0.15) is 6.07 Å². The van der Waals surface area contributed by atoms with Crippen LogP contribution in [0.25, 0.3) is 0 Å². The number of hydrogen-bond acceptors (Lipinski definition) is 2.